The summed E-state index contributed by atoms with van der Waals surface area (Å²) in [4.78, 5) is 11.1. The van der Waals surface area contributed by atoms with E-state index in [1.165, 1.54) is 33.3 Å². The number of carbonyl (C=O) groups is 1. The summed E-state index contributed by atoms with van der Waals surface area (Å²) in [6, 6.07) is 5.97. The predicted octanol–water partition coefficient (Wildman–Crippen LogP) is 2.39. The quantitative estimate of drug-likeness (QED) is 0.544. The van der Waals surface area contributed by atoms with Gasteiger partial charge >= 0.3 is 0 Å². The minimum atomic E-state index is -3.24. The summed E-state index contributed by atoms with van der Waals surface area (Å²) in [5.74, 6) is 0. The summed E-state index contributed by atoms with van der Waals surface area (Å²) in [6.07, 6.45) is 0. The molecule has 1 aromatic carbocycles. The summed E-state index contributed by atoms with van der Waals surface area (Å²) < 4.78 is 22.0. The first-order valence-corrected chi connectivity index (χ1v) is 8.26. The molecule has 0 aliphatic carbocycles. The van der Waals surface area contributed by atoms with Gasteiger partial charge in [0.15, 0.2) is 0 Å². The van der Waals surface area contributed by atoms with Crippen LogP contribution in [0.25, 0.3) is 0 Å². The highest BCUT2D eigenvalue weighted by Gasteiger charge is 2.10. The standard InChI is InChI=1S/C7H4I2O3S/c8-7(10)5-2-1-3-6(4-5)13(9,11)12/h1-4H. The van der Waals surface area contributed by atoms with Gasteiger partial charge in [0.05, 0.1) is 26.1 Å². The first-order valence-electron chi connectivity index (χ1n) is 3.16. The molecule has 0 saturated heterocycles. The van der Waals surface area contributed by atoms with Crippen LogP contribution in [0.5, 0.6) is 0 Å². The molecule has 0 radical (unpaired) electrons. The summed E-state index contributed by atoms with van der Waals surface area (Å²) >= 11 is 2.96. The van der Waals surface area contributed by atoms with Crippen molar-refractivity contribution < 1.29 is 13.2 Å². The maximum Gasteiger partial charge on any atom is 0.231 e. The molecule has 0 saturated carbocycles. The second kappa shape index (κ2) is 4.22. The molecule has 1 rings (SSSR count). The van der Waals surface area contributed by atoms with Crippen LogP contribution in [0.3, 0.4) is 0 Å². The Bertz CT molecular complexity index is 439. The molecular weight excluding hydrogens is 418 g/mol. The Morgan fingerprint density at radius 2 is 1.92 bits per heavy atom. The largest absolute Gasteiger partial charge is 0.282 e. The smallest absolute Gasteiger partial charge is 0.231 e. The van der Waals surface area contributed by atoms with Crippen LogP contribution in [-0.4, -0.2) is 12.2 Å². The lowest BCUT2D eigenvalue weighted by Gasteiger charge is -1.97. The van der Waals surface area contributed by atoms with Gasteiger partial charge in [0, 0.05) is 28.2 Å². The monoisotopic (exact) mass is 422 g/mol. The molecule has 0 unspecified atom stereocenters. The van der Waals surface area contributed by atoms with Crippen molar-refractivity contribution in [3.05, 3.63) is 29.8 Å². The molecule has 0 N–H and O–H groups in total. The zero-order valence-corrected chi connectivity index (χ0v) is 11.3. The summed E-state index contributed by atoms with van der Waals surface area (Å²) in [7, 11) is -3.24. The second-order valence-electron chi connectivity index (χ2n) is 2.24. The number of carbonyl (C=O) groups excluding carboxylic acids is 1. The van der Waals surface area contributed by atoms with Gasteiger partial charge in [-0.1, -0.05) is 12.1 Å². The first-order chi connectivity index (χ1) is 5.91. The molecule has 1 aromatic rings. The van der Waals surface area contributed by atoms with E-state index in [0.29, 0.717) is 5.56 Å². The molecule has 0 heterocycles. The van der Waals surface area contributed by atoms with Gasteiger partial charge in [0.25, 0.3) is 0 Å². The van der Waals surface area contributed by atoms with Crippen LogP contribution in [0.15, 0.2) is 29.2 Å². The molecule has 0 amide bonds. The number of benzene rings is 1. The molecular formula is C7H4I2O3S. The number of hydrogen-bond donors (Lipinski definition) is 0. The van der Waals surface area contributed by atoms with E-state index in [1.807, 2.05) is 0 Å². The van der Waals surface area contributed by atoms with E-state index in [1.54, 1.807) is 34.7 Å². The summed E-state index contributed by atoms with van der Waals surface area (Å²) in [5.41, 5.74) is 0.401. The Balaban J connectivity index is 3.29. The van der Waals surface area contributed by atoms with Crippen molar-refractivity contribution >= 4 is 54.6 Å². The van der Waals surface area contributed by atoms with Gasteiger partial charge in [0.1, 0.15) is 0 Å². The highest BCUT2D eigenvalue weighted by atomic mass is 127. The topological polar surface area (TPSA) is 51.2 Å². The first kappa shape index (κ1) is 11.4. The van der Waals surface area contributed by atoms with Crippen LogP contribution >= 0.6 is 43.8 Å². The van der Waals surface area contributed by atoms with Crippen molar-refractivity contribution in [3.63, 3.8) is 0 Å². The third-order valence-corrected chi connectivity index (χ3v) is 4.31. The Morgan fingerprint density at radius 1 is 1.31 bits per heavy atom. The van der Waals surface area contributed by atoms with Crippen LogP contribution < -0.4 is 0 Å². The van der Waals surface area contributed by atoms with Crippen LogP contribution in [0.1, 0.15) is 10.4 Å². The van der Waals surface area contributed by atoms with Gasteiger partial charge in [0.2, 0.25) is 10.8 Å². The Morgan fingerprint density at radius 3 is 2.38 bits per heavy atom. The van der Waals surface area contributed by atoms with Gasteiger partial charge in [-0.25, -0.2) is 8.42 Å². The summed E-state index contributed by atoms with van der Waals surface area (Å²) in [5, 5.41) is 0. The number of rotatable bonds is 2. The normalized spacial score (nSPS) is 11.2. The molecule has 6 heteroatoms. The molecule has 0 aliphatic heterocycles. The number of hydrogen-bond acceptors (Lipinski definition) is 3. The van der Waals surface area contributed by atoms with E-state index in [0.717, 1.165) is 0 Å². The fourth-order valence-electron chi connectivity index (χ4n) is 0.770. The minimum absolute atomic E-state index is 0.163. The number of halogens is 2. The maximum absolute atomic E-state index is 11.1. The van der Waals surface area contributed by atoms with Gasteiger partial charge in [-0.15, -0.1) is 0 Å². The Hall–Kier alpha value is 0.300. The van der Waals surface area contributed by atoms with E-state index in [9.17, 15) is 13.2 Å². The minimum Gasteiger partial charge on any atom is -0.282 e. The molecule has 0 aromatic heterocycles. The van der Waals surface area contributed by atoms with Crippen molar-refractivity contribution in [2.75, 3.05) is 0 Å². The van der Waals surface area contributed by atoms with Crippen molar-refractivity contribution in [2.24, 2.45) is 0 Å². The van der Waals surface area contributed by atoms with E-state index >= 15 is 0 Å². The SMILES string of the molecule is O=C(I)c1cccc(S(=O)(=O)I)c1. The molecule has 0 aliphatic rings. The molecule has 3 nitrogen and oxygen atoms in total. The zero-order valence-electron chi connectivity index (χ0n) is 6.20. The molecule has 0 bridgehead atoms. The van der Waals surface area contributed by atoms with E-state index < -0.39 is 7.01 Å². The third kappa shape index (κ3) is 3.17. The van der Waals surface area contributed by atoms with E-state index in [4.69, 9.17) is 0 Å². The van der Waals surface area contributed by atoms with Gasteiger partial charge in [-0.2, -0.15) is 0 Å². The average molecular weight is 422 g/mol. The lowest BCUT2D eigenvalue weighted by Crippen LogP contribution is -1.93. The van der Waals surface area contributed by atoms with Crippen molar-refractivity contribution in [1.29, 1.82) is 0 Å². The van der Waals surface area contributed by atoms with E-state index in [-0.39, 0.29) is 8.69 Å². The average Bonchev–Trinajstić information content (AvgIpc) is 2.03. The van der Waals surface area contributed by atoms with Crippen molar-refractivity contribution in [3.8, 4) is 0 Å². The Kier molecular flexibility index (Phi) is 3.69. The van der Waals surface area contributed by atoms with Crippen LogP contribution in [0, 0.1) is 0 Å². The maximum atomic E-state index is 11.1. The predicted molar refractivity (Wildman–Crippen MR) is 66.0 cm³/mol. The highest BCUT2D eigenvalue weighted by Crippen LogP contribution is 2.19. The van der Waals surface area contributed by atoms with Gasteiger partial charge in [-0.3, -0.25) is 4.79 Å². The van der Waals surface area contributed by atoms with Crippen LogP contribution in [0.4, 0.5) is 0 Å². The van der Waals surface area contributed by atoms with Crippen molar-refractivity contribution in [2.45, 2.75) is 4.90 Å². The molecule has 13 heavy (non-hydrogen) atoms. The van der Waals surface area contributed by atoms with Crippen molar-refractivity contribution in [1.82, 2.24) is 0 Å². The summed E-state index contributed by atoms with van der Waals surface area (Å²) in [6.45, 7) is 0. The fraction of sp³-hybridized carbons (Fsp3) is 0. The highest BCUT2D eigenvalue weighted by molar-refractivity contribution is 14.2. The van der Waals surface area contributed by atoms with Gasteiger partial charge < -0.3 is 0 Å². The molecule has 70 valence electrons. The lowest BCUT2D eigenvalue weighted by atomic mass is 10.2. The van der Waals surface area contributed by atoms with Crippen LogP contribution in [-0.2, 0) is 7.01 Å². The molecule has 0 atom stereocenters. The zero-order chi connectivity index (χ0) is 10.1. The van der Waals surface area contributed by atoms with Crippen LogP contribution in [0.2, 0.25) is 0 Å². The third-order valence-electron chi connectivity index (χ3n) is 1.34. The van der Waals surface area contributed by atoms with Gasteiger partial charge in [-0.05, 0) is 12.1 Å². The molecule has 0 spiro atoms. The van der Waals surface area contributed by atoms with E-state index in [2.05, 4.69) is 0 Å². The lowest BCUT2D eigenvalue weighted by molar-refractivity contribution is 0.110. The fourth-order valence-corrected chi connectivity index (χ4v) is 2.44. The Labute approximate surface area is 102 Å². The second-order valence-corrected chi connectivity index (χ2v) is 8.04. The molecule has 0 fully saturated rings.